The van der Waals surface area contributed by atoms with Gasteiger partial charge < -0.3 is 14.8 Å². The number of fused-ring (bicyclic) bond motifs is 1. The number of aromatic nitrogens is 2. The Morgan fingerprint density at radius 1 is 1.36 bits per heavy atom. The van der Waals surface area contributed by atoms with E-state index in [0.29, 0.717) is 0 Å². The van der Waals surface area contributed by atoms with E-state index in [1.54, 1.807) is 6.33 Å². The number of hydrogen-bond donors (Lipinski definition) is 4. The van der Waals surface area contributed by atoms with Gasteiger partial charge in [0.2, 0.25) is 0 Å². The molecule has 1 heterocycles. The molecule has 76 valence electrons. The van der Waals surface area contributed by atoms with Crippen LogP contribution in [0.5, 0.6) is 0 Å². The number of hydrogen-bond acceptors (Lipinski definition) is 2. The second-order valence-corrected chi connectivity index (χ2v) is 3.69. The number of rotatable bonds is 0. The normalized spacial score (nSPS) is 10.8. The second-order valence-electron chi connectivity index (χ2n) is 2.51. The average molecular weight is 215 g/mol. The van der Waals surface area contributed by atoms with Gasteiger partial charge in [-0.25, -0.2) is 15.1 Å². The molecule has 0 fully saturated rings. The molecule has 2 aromatic rings. The van der Waals surface area contributed by atoms with Crippen LogP contribution in [0.2, 0.25) is 0 Å². The maximum absolute atomic E-state index is 9.10. The van der Waals surface area contributed by atoms with Crippen molar-refractivity contribution in [2.24, 2.45) is 5.50 Å². The lowest BCUT2D eigenvalue weighted by molar-refractivity contribution is 0.374. The highest BCUT2D eigenvalue weighted by molar-refractivity contribution is 7.49. The largest absolute Gasteiger partial charge is 0.397 e. The van der Waals surface area contributed by atoms with Gasteiger partial charge in [-0.2, -0.15) is 0 Å². The Kier molecular flexibility index (Phi) is 3.38. The predicted molar refractivity (Wildman–Crippen MR) is 52.3 cm³/mol. The summed E-state index contributed by atoms with van der Waals surface area (Å²) >= 11 is 0. The zero-order valence-electron chi connectivity index (χ0n) is 7.16. The molecule has 0 amide bonds. The van der Waals surface area contributed by atoms with Crippen molar-refractivity contribution in [3.63, 3.8) is 0 Å². The number of H-pyrrole nitrogens is 1. The maximum Gasteiger partial charge on any atom is 0.397 e. The minimum absolute atomic E-state index is 1.03. The summed E-state index contributed by atoms with van der Waals surface area (Å²) in [4.78, 5) is 21.9. The quantitative estimate of drug-likeness (QED) is 0.481. The van der Waals surface area contributed by atoms with E-state index in [9.17, 15) is 0 Å². The van der Waals surface area contributed by atoms with Crippen molar-refractivity contribution in [2.75, 3.05) is 0 Å². The third-order valence-corrected chi connectivity index (χ3v) is 1.33. The molecule has 7 heteroatoms. The molecule has 0 spiro atoms. The molecule has 0 aliphatic heterocycles. The molecule has 0 aliphatic rings. The molecule has 14 heavy (non-hydrogen) atoms. The first kappa shape index (κ1) is 10.9. The molecular weight excluding hydrogens is 205 g/mol. The van der Waals surface area contributed by atoms with Gasteiger partial charge in [-0.15, -0.1) is 0 Å². The summed E-state index contributed by atoms with van der Waals surface area (Å²) in [5, 5.41) is 0. The van der Waals surface area contributed by atoms with Gasteiger partial charge in [0.15, 0.2) is 0 Å². The van der Waals surface area contributed by atoms with E-state index in [0.717, 1.165) is 11.0 Å². The number of para-hydroxylation sites is 2. The summed E-state index contributed by atoms with van der Waals surface area (Å²) in [5.74, 6) is 0. The number of nitrogens with one attached hydrogen (secondary N) is 1. The van der Waals surface area contributed by atoms with Crippen LogP contribution in [0.3, 0.4) is 0 Å². The molecule has 0 saturated carbocycles. The third kappa shape index (κ3) is 4.15. The fraction of sp³-hybridized carbons (Fsp3) is 0. The Balaban J connectivity index is 0.000000171. The van der Waals surface area contributed by atoms with Crippen molar-refractivity contribution in [3.05, 3.63) is 30.6 Å². The first-order valence-corrected chi connectivity index (χ1v) is 5.37. The predicted octanol–water partition coefficient (Wildman–Crippen LogP) is 0.601. The highest BCUT2D eigenvalue weighted by Crippen LogP contribution is 2.20. The van der Waals surface area contributed by atoms with Crippen LogP contribution in [0.25, 0.3) is 11.0 Å². The van der Waals surface area contributed by atoms with Crippen LogP contribution in [-0.2, 0) is 4.57 Å². The molecule has 6 nitrogen and oxygen atoms in total. The minimum atomic E-state index is -4.14. The van der Waals surface area contributed by atoms with Gasteiger partial charge in [0.1, 0.15) is 0 Å². The molecule has 2 rings (SSSR count). The van der Waals surface area contributed by atoms with Gasteiger partial charge in [0.25, 0.3) is 0 Å². The number of nitrogens with zero attached hydrogens (tertiary/aromatic N) is 1. The van der Waals surface area contributed by atoms with Crippen LogP contribution in [-0.4, -0.2) is 19.8 Å². The molecule has 0 aliphatic carbocycles. The van der Waals surface area contributed by atoms with Crippen LogP contribution >= 0.6 is 7.75 Å². The molecule has 0 unspecified atom stereocenters. The average Bonchev–Trinajstić information content (AvgIpc) is 2.47. The van der Waals surface area contributed by atoms with Gasteiger partial charge in [-0.1, -0.05) is 12.1 Å². The topological polar surface area (TPSA) is 112 Å². The Hall–Kier alpha value is -1.20. The molecule has 0 radical (unpaired) electrons. The summed E-state index contributed by atoms with van der Waals surface area (Å²) < 4.78 is 9.10. The van der Waals surface area contributed by atoms with Crippen molar-refractivity contribution in [2.45, 2.75) is 0 Å². The highest BCUT2D eigenvalue weighted by Gasteiger charge is 1.96. The Bertz CT molecular complexity index is 412. The van der Waals surface area contributed by atoms with Crippen LogP contribution < -0.4 is 5.50 Å². The fourth-order valence-corrected chi connectivity index (χ4v) is 0.880. The van der Waals surface area contributed by atoms with Gasteiger partial charge >= 0.3 is 7.75 Å². The van der Waals surface area contributed by atoms with Crippen molar-refractivity contribution in [3.8, 4) is 0 Å². The van der Waals surface area contributed by atoms with Crippen LogP contribution in [0.1, 0.15) is 0 Å². The second kappa shape index (κ2) is 4.34. The number of aromatic amines is 1. The Labute approximate surface area is 80.0 Å². The van der Waals surface area contributed by atoms with Crippen molar-refractivity contribution in [1.82, 2.24) is 9.97 Å². The summed E-state index contributed by atoms with van der Waals surface area (Å²) in [6.45, 7) is 0. The third-order valence-electron chi connectivity index (χ3n) is 1.33. The maximum atomic E-state index is 9.10. The standard InChI is InChI=1S/C7H6N2.H4NO3P/c1-2-4-7-6(3-1)8-5-9-7;1-5(2,3)4/h1-5H,(H,8,9);(H4,1,2,3,4). The SMILES string of the molecule is NP(=O)(O)O.c1ccc2[nH]cnc2c1. The van der Waals surface area contributed by atoms with Crippen molar-refractivity contribution < 1.29 is 14.4 Å². The minimum Gasteiger partial charge on any atom is -0.345 e. The lowest BCUT2D eigenvalue weighted by atomic mass is 10.3. The van der Waals surface area contributed by atoms with Crippen molar-refractivity contribution in [1.29, 1.82) is 0 Å². The van der Waals surface area contributed by atoms with Gasteiger partial charge in [0, 0.05) is 0 Å². The molecule has 5 N–H and O–H groups in total. The van der Waals surface area contributed by atoms with E-state index in [1.165, 1.54) is 0 Å². The summed E-state index contributed by atoms with van der Waals surface area (Å²) in [6, 6.07) is 7.94. The summed E-state index contributed by atoms with van der Waals surface area (Å²) in [5.41, 5.74) is 6.14. The molecule has 1 aromatic carbocycles. The smallest absolute Gasteiger partial charge is 0.345 e. The lowest BCUT2D eigenvalue weighted by Gasteiger charge is -1.84. The van der Waals surface area contributed by atoms with E-state index in [4.69, 9.17) is 14.4 Å². The molecular formula is C7H10N3O3P. The Morgan fingerprint density at radius 3 is 2.50 bits per heavy atom. The van der Waals surface area contributed by atoms with Gasteiger partial charge in [-0.05, 0) is 12.1 Å². The van der Waals surface area contributed by atoms with Gasteiger partial charge in [0.05, 0.1) is 17.4 Å². The van der Waals surface area contributed by atoms with E-state index in [-0.39, 0.29) is 0 Å². The zero-order valence-corrected chi connectivity index (χ0v) is 8.06. The van der Waals surface area contributed by atoms with E-state index in [2.05, 4.69) is 15.5 Å². The molecule has 0 saturated heterocycles. The summed E-state index contributed by atoms with van der Waals surface area (Å²) in [7, 11) is -4.14. The molecule has 1 aromatic heterocycles. The lowest BCUT2D eigenvalue weighted by Crippen LogP contribution is -1.87. The van der Waals surface area contributed by atoms with Crippen LogP contribution in [0.4, 0.5) is 0 Å². The van der Waals surface area contributed by atoms with Crippen molar-refractivity contribution >= 4 is 18.8 Å². The zero-order chi connectivity index (χ0) is 10.6. The highest BCUT2D eigenvalue weighted by atomic mass is 31.2. The van der Waals surface area contributed by atoms with Crippen LogP contribution in [0.15, 0.2) is 30.6 Å². The Morgan fingerprint density at radius 2 is 1.93 bits per heavy atom. The first-order valence-electron chi connectivity index (χ1n) is 3.69. The first-order chi connectivity index (χ1) is 6.47. The van der Waals surface area contributed by atoms with E-state index >= 15 is 0 Å². The number of imidazole rings is 1. The van der Waals surface area contributed by atoms with Gasteiger partial charge in [-0.3, -0.25) is 0 Å². The number of nitrogens with two attached hydrogens (primary N) is 1. The summed E-state index contributed by atoms with van der Waals surface area (Å²) in [6.07, 6.45) is 1.70. The van der Waals surface area contributed by atoms with Crippen LogP contribution in [0, 0.1) is 0 Å². The number of benzene rings is 1. The van der Waals surface area contributed by atoms with E-state index < -0.39 is 7.75 Å². The molecule has 0 bridgehead atoms. The monoisotopic (exact) mass is 215 g/mol. The molecule has 0 atom stereocenters. The fourth-order valence-electron chi connectivity index (χ4n) is 0.880. The van der Waals surface area contributed by atoms with E-state index in [1.807, 2.05) is 24.3 Å².